The van der Waals surface area contributed by atoms with Gasteiger partial charge in [-0.15, -0.1) is 0 Å². The van der Waals surface area contributed by atoms with Gasteiger partial charge in [0.15, 0.2) is 11.5 Å². The van der Waals surface area contributed by atoms with Gasteiger partial charge in [0.05, 0.1) is 14.2 Å². The second-order valence-electron chi connectivity index (χ2n) is 7.22. The number of hydrogen-bond donors (Lipinski definition) is 1. The summed E-state index contributed by atoms with van der Waals surface area (Å²) < 4.78 is 10.7. The maximum Gasteiger partial charge on any atom is 0.270 e. The molecule has 0 aliphatic carbocycles. The Morgan fingerprint density at radius 3 is 2.41 bits per heavy atom. The minimum absolute atomic E-state index is 0.0351. The summed E-state index contributed by atoms with van der Waals surface area (Å²) in [5, 5.41) is 0.932. The Bertz CT molecular complexity index is 937. The predicted molar refractivity (Wildman–Crippen MR) is 112 cm³/mol. The van der Waals surface area contributed by atoms with Crippen LogP contribution in [0.3, 0.4) is 0 Å². The molecule has 1 saturated heterocycles. The third kappa shape index (κ3) is 4.19. The van der Waals surface area contributed by atoms with Crippen LogP contribution in [0.1, 0.15) is 16.1 Å². The molecule has 0 atom stereocenters. The van der Waals surface area contributed by atoms with Crippen LogP contribution in [-0.4, -0.2) is 72.6 Å². The van der Waals surface area contributed by atoms with Crippen LogP contribution in [0, 0.1) is 0 Å². The Balaban J connectivity index is 1.38. The van der Waals surface area contributed by atoms with Crippen molar-refractivity contribution in [3.05, 3.63) is 54.0 Å². The molecule has 0 unspecified atom stereocenters. The standard InChI is InChI=1S/C22H26N4O3/c1-28-20-14-17-13-19(24-18(17)15-21(20)29-2)22(27)26-11-9-25(10-12-26)8-5-16-3-6-23-7-4-16/h3-4,6-7,13-15,24H,5,8-12H2,1-2H3. The molecule has 1 aliphatic heterocycles. The normalized spacial score (nSPS) is 14.9. The molecule has 0 radical (unpaired) electrons. The third-order valence-corrected chi connectivity index (χ3v) is 5.48. The first kappa shape index (κ1) is 19.3. The third-order valence-electron chi connectivity index (χ3n) is 5.48. The van der Waals surface area contributed by atoms with E-state index in [4.69, 9.17) is 9.47 Å². The van der Waals surface area contributed by atoms with Gasteiger partial charge in [0.1, 0.15) is 5.69 Å². The summed E-state index contributed by atoms with van der Waals surface area (Å²) in [7, 11) is 3.21. The summed E-state index contributed by atoms with van der Waals surface area (Å²) in [4.78, 5) is 24.6. The molecular formula is C22H26N4O3. The number of nitrogens with zero attached hydrogens (tertiary/aromatic N) is 3. The van der Waals surface area contributed by atoms with E-state index >= 15 is 0 Å². The largest absolute Gasteiger partial charge is 0.493 e. The SMILES string of the molecule is COc1cc2cc(C(=O)N3CCN(CCc4ccncc4)CC3)[nH]c2cc1OC. The predicted octanol–water partition coefficient (Wildman–Crippen LogP) is 2.58. The molecule has 2 aromatic heterocycles. The highest BCUT2D eigenvalue weighted by molar-refractivity contribution is 5.98. The second kappa shape index (κ2) is 8.53. The lowest BCUT2D eigenvalue weighted by atomic mass is 10.2. The quantitative estimate of drug-likeness (QED) is 0.696. The average molecular weight is 394 g/mol. The van der Waals surface area contributed by atoms with Crippen LogP contribution in [0.4, 0.5) is 0 Å². The van der Waals surface area contributed by atoms with Crippen molar-refractivity contribution in [2.75, 3.05) is 46.9 Å². The molecule has 7 nitrogen and oxygen atoms in total. The van der Waals surface area contributed by atoms with Crippen molar-refractivity contribution in [3.8, 4) is 11.5 Å². The number of aromatic amines is 1. The molecule has 152 valence electrons. The van der Waals surface area contributed by atoms with Gasteiger partial charge in [-0.2, -0.15) is 0 Å². The molecule has 4 rings (SSSR count). The van der Waals surface area contributed by atoms with Crippen molar-refractivity contribution in [1.82, 2.24) is 19.8 Å². The molecule has 29 heavy (non-hydrogen) atoms. The fourth-order valence-electron chi connectivity index (χ4n) is 3.76. The van der Waals surface area contributed by atoms with Gasteiger partial charge in [-0.25, -0.2) is 0 Å². The molecule has 1 aliphatic rings. The van der Waals surface area contributed by atoms with Crippen LogP contribution in [0.15, 0.2) is 42.7 Å². The van der Waals surface area contributed by atoms with Crippen LogP contribution < -0.4 is 9.47 Å². The Morgan fingerprint density at radius 2 is 1.72 bits per heavy atom. The fourth-order valence-corrected chi connectivity index (χ4v) is 3.76. The smallest absolute Gasteiger partial charge is 0.270 e. The monoisotopic (exact) mass is 394 g/mol. The summed E-state index contributed by atoms with van der Waals surface area (Å²) in [5.41, 5.74) is 2.75. The lowest BCUT2D eigenvalue weighted by molar-refractivity contribution is 0.0633. The number of rotatable bonds is 6. The van der Waals surface area contributed by atoms with Gasteiger partial charge in [0.25, 0.3) is 5.91 Å². The Kier molecular flexibility index (Phi) is 5.67. The number of aromatic nitrogens is 2. The molecular weight excluding hydrogens is 368 g/mol. The summed E-state index contributed by atoms with van der Waals surface area (Å²) in [6.07, 6.45) is 4.66. The van der Waals surface area contributed by atoms with E-state index in [-0.39, 0.29) is 5.91 Å². The van der Waals surface area contributed by atoms with Gasteiger partial charge < -0.3 is 19.4 Å². The number of nitrogens with one attached hydrogen (secondary N) is 1. The number of carbonyl (C=O) groups is 1. The van der Waals surface area contributed by atoms with Crippen molar-refractivity contribution in [1.29, 1.82) is 0 Å². The number of H-pyrrole nitrogens is 1. The first-order valence-corrected chi connectivity index (χ1v) is 9.83. The molecule has 0 saturated carbocycles. The second-order valence-corrected chi connectivity index (χ2v) is 7.22. The molecule has 1 N–H and O–H groups in total. The number of methoxy groups -OCH3 is 2. The minimum Gasteiger partial charge on any atom is -0.493 e. The van der Waals surface area contributed by atoms with Crippen molar-refractivity contribution in [3.63, 3.8) is 0 Å². The first-order chi connectivity index (χ1) is 14.2. The maximum atomic E-state index is 13.0. The number of hydrogen-bond acceptors (Lipinski definition) is 5. The van der Waals surface area contributed by atoms with Crippen molar-refractivity contribution >= 4 is 16.8 Å². The van der Waals surface area contributed by atoms with E-state index in [2.05, 4.69) is 27.0 Å². The zero-order chi connectivity index (χ0) is 20.2. The first-order valence-electron chi connectivity index (χ1n) is 9.83. The molecule has 0 bridgehead atoms. The van der Waals surface area contributed by atoms with Gasteiger partial charge in [-0.1, -0.05) is 0 Å². The minimum atomic E-state index is 0.0351. The topological polar surface area (TPSA) is 70.7 Å². The molecule has 7 heteroatoms. The number of amides is 1. The lowest BCUT2D eigenvalue weighted by Gasteiger charge is -2.34. The van der Waals surface area contributed by atoms with Gasteiger partial charge in [0.2, 0.25) is 0 Å². The van der Waals surface area contributed by atoms with Gasteiger partial charge >= 0.3 is 0 Å². The highest BCUT2D eigenvalue weighted by Crippen LogP contribution is 2.32. The van der Waals surface area contributed by atoms with Crippen LogP contribution >= 0.6 is 0 Å². The van der Waals surface area contributed by atoms with Crippen molar-refractivity contribution < 1.29 is 14.3 Å². The lowest BCUT2D eigenvalue weighted by Crippen LogP contribution is -2.49. The molecule has 1 aromatic carbocycles. The fraction of sp³-hybridized carbons (Fsp3) is 0.364. The summed E-state index contributed by atoms with van der Waals surface area (Å²) in [6, 6.07) is 9.75. The summed E-state index contributed by atoms with van der Waals surface area (Å²) >= 11 is 0. The van der Waals surface area contributed by atoms with Crippen LogP contribution in [0.2, 0.25) is 0 Å². The maximum absolute atomic E-state index is 13.0. The van der Waals surface area contributed by atoms with Gasteiger partial charge in [-0.05, 0) is 36.2 Å². The number of piperazine rings is 1. The van der Waals surface area contributed by atoms with E-state index in [0.717, 1.165) is 50.0 Å². The van der Waals surface area contributed by atoms with Crippen LogP contribution in [0.5, 0.6) is 11.5 Å². The van der Waals surface area contributed by atoms with E-state index in [0.29, 0.717) is 17.2 Å². The zero-order valence-electron chi connectivity index (χ0n) is 16.9. The summed E-state index contributed by atoms with van der Waals surface area (Å²) in [5.74, 6) is 1.33. The highest BCUT2D eigenvalue weighted by atomic mass is 16.5. The molecule has 0 spiro atoms. The molecule has 1 fully saturated rings. The number of pyridine rings is 1. The van der Waals surface area contributed by atoms with E-state index in [1.165, 1.54) is 5.56 Å². The van der Waals surface area contributed by atoms with Crippen LogP contribution in [0.25, 0.3) is 10.9 Å². The van der Waals surface area contributed by atoms with Gasteiger partial charge in [-0.3, -0.25) is 14.7 Å². The van der Waals surface area contributed by atoms with Crippen molar-refractivity contribution in [2.45, 2.75) is 6.42 Å². The Morgan fingerprint density at radius 1 is 1.03 bits per heavy atom. The number of benzene rings is 1. The Hall–Kier alpha value is -3.06. The van der Waals surface area contributed by atoms with Gasteiger partial charge in [0, 0.05) is 62.1 Å². The number of fused-ring (bicyclic) bond motifs is 1. The molecule has 3 heterocycles. The average Bonchev–Trinajstić information content (AvgIpc) is 3.20. The van der Waals surface area contributed by atoms with Crippen molar-refractivity contribution in [2.24, 2.45) is 0 Å². The van der Waals surface area contributed by atoms with E-state index in [1.54, 1.807) is 14.2 Å². The highest BCUT2D eigenvalue weighted by Gasteiger charge is 2.23. The van der Waals surface area contributed by atoms with E-state index in [1.807, 2.05) is 35.5 Å². The van der Waals surface area contributed by atoms with E-state index < -0.39 is 0 Å². The Labute approximate surface area is 170 Å². The zero-order valence-corrected chi connectivity index (χ0v) is 16.9. The summed E-state index contributed by atoms with van der Waals surface area (Å²) in [6.45, 7) is 4.24. The van der Waals surface area contributed by atoms with E-state index in [9.17, 15) is 4.79 Å². The molecule has 1 amide bonds. The number of ether oxygens (including phenoxy) is 2. The molecule has 3 aromatic rings. The van der Waals surface area contributed by atoms with Crippen LogP contribution in [-0.2, 0) is 6.42 Å². The number of carbonyl (C=O) groups excluding carboxylic acids is 1.